The number of esters is 1. The number of ether oxygens (including phenoxy) is 5. The van der Waals surface area contributed by atoms with Gasteiger partial charge in [0.15, 0.2) is 0 Å². The molecule has 178 valence electrons. The van der Waals surface area contributed by atoms with Crippen LogP contribution in [0.4, 0.5) is 0 Å². The van der Waals surface area contributed by atoms with Gasteiger partial charge in [0.2, 0.25) is 0 Å². The first-order valence-electron chi connectivity index (χ1n) is 11.4. The van der Waals surface area contributed by atoms with Gasteiger partial charge in [-0.25, -0.2) is 0 Å². The first-order valence-corrected chi connectivity index (χ1v) is 12.5. The molecule has 0 aromatic heterocycles. The van der Waals surface area contributed by atoms with Crippen LogP contribution in [0.25, 0.3) is 0 Å². The van der Waals surface area contributed by atoms with Crippen LogP contribution in [-0.2, 0) is 28.5 Å². The molecule has 4 unspecified atom stereocenters. The molecule has 30 heavy (non-hydrogen) atoms. The van der Waals surface area contributed by atoms with E-state index in [1.807, 2.05) is 6.92 Å². The normalized spacial score (nSPS) is 27.7. The van der Waals surface area contributed by atoms with Gasteiger partial charge in [-0.15, -0.1) is 11.8 Å². The number of hydrogen-bond donors (Lipinski definition) is 1. The molecule has 0 spiro atoms. The van der Waals surface area contributed by atoms with Crippen LogP contribution in [0.5, 0.6) is 0 Å². The Kier molecular flexibility index (Phi) is 15.0. The number of thioether (sulfide) groups is 1. The third-order valence-corrected chi connectivity index (χ3v) is 6.36. The molecule has 1 saturated heterocycles. The molecule has 0 radical (unpaired) electrons. The van der Waals surface area contributed by atoms with Gasteiger partial charge in [-0.2, -0.15) is 0 Å². The minimum Gasteiger partial charge on any atom is -0.468 e. The Hall–Kier alpha value is -0.380. The maximum absolute atomic E-state index is 11.7. The molecule has 0 bridgehead atoms. The predicted octanol–water partition coefficient (Wildman–Crippen LogP) is 3.52. The number of unbranched alkanes of at least 4 members (excludes halogenated alkanes) is 3. The molecule has 1 aliphatic heterocycles. The highest BCUT2D eigenvalue weighted by atomic mass is 32.2. The van der Waals surface area contributed by atoms with E-state index in [-0.39, 0.29) is 29.9 Å². The van der Waals surface area contributed by atoms with Gasteiger partial charge >= 0.3 is 5.97 Å². The molecule has 6 atom stereocenters. The van der Waals surface area contributed by atoms with E-state index < -0.39 is 12.0 Å². The Balaban J connectivity index is 2.94. The highest BCUT2D eigenvalue weighted by Gasteiger charge is 2.46. The van der Waals surface area contributed by atoms with Gasteiger partial charge < -0.3 is 29.4 Å². The van der Waals surface area contributed by atoms with E-state index in [0.29, 0.717) is 25.6 Å². The number of carbonyl (C=O) groups is 1. The maximum Gasteiger partial charge on any atom is 0.323 e. The van der Waals surface area contributed by atoms with Crippen LogP contribution in [-0.4, -0.2) is 74.5 Å². The molecule has 1 fully saturated rings. The van der Waals surface area contributed by atoms with E-state index in [2.05, 4.69) is 20.8 Å². The summed E-state index contributed by atoms with van der Waals surface area (Å²) in [6.45, 7) is 10.4. The summed E-state index contributed by atoms with van der Waals surface area (Å²) in [4.78, 5) is 11.7. The lowest BCUT2D eigenvalue weighted by Gasteiger charge is -2.45. The number of nitrogens with two attached hydrogens (primary N) is 1. The summed E-state index contributed by atoms with van der Waals surface area (Å²) >= 11 is 1.48. The van der Waals surface area contributed by atoms with E-state index in [1.54, 1.807) is 0 Å². The fraction of sp³-hybridized carbons (Fsp3) is 0.955. The molecule has 2 N–H and O–H groups in total. The molecule has 1 heterocycles. The van der Waals surface area contributed by atoms with Crippen molar-refractivity contribution in [2.45, 2.75) is 102 Å². The zero-order valence-electron chi connectivity index (χ0n) is 19.5. The highest BCUT2D eigenvalue weighted by Crippen LogP contribution is 2.34. The molecule has 8 heteroatoms. The predicted molar refractivity (Wildman–Crippen MR) is 121 cm³/mol. The second-order valence-electron chi connectivity index (χ2n) is 7.74. The Morgan fingerprint density at radius 3 is 1.93 bits per heavy atom. The summed E-state index contributed by atoms with van der Waals surface area (Å²) in [5.41, 5.74) is 5.65. The summed E-state index contributed by atoms with van der Waals surface area (Å²) < 4.78 is 29.8. The molecule has 7 nitrogen and oxygen atoms in total. The number of methoxy groups -OCH3 is 1. The number of carbonyl (C=O) groups excluding carboxylic acids is 1. The van der Waals surface area contributed by atoms with Crippen molar-refractivity contribution < 1.29 is 28.5 Å². The van der Waals surface area contributed by atoms with Crippen molar-refractivity contribution in [1.29, 1.82) is 0 Å². The van der Waals surface area contributed by atoms with Gasteiger partial charge in [-0.3, -0.25) is 4.79 Å². The van der Waals surface area contributed by atoms with Crippen LogP contribution in [0.3, 0.4) is 0 Å². The minimum absolute atomic E-state index is 0.147. The van der Waals surface area contributed by atoms with Crippen LogP contribution in [0, 0.1) is 0 Å². The topological polar surface area (TPSA) is 89.2 Å². The van der Waals surface area contributed by atoms with E-state index >= 15 is 0 Å². The Morgan fingerprint density at radius 2 is 1.43 bits per heavy atom. The average Bonchev–Trinajstić information content (AvgIpc) is 2.74. The van der Waals surface area contributed by atoms with E-state index in [1.165, 1.54) is 18.9 Å². The van der Waals surface area contributed by atoms with Crippen molar-refractivity contribution in [2.24, 2.45) is 5.73 Å². The molecule has 0 aromatic rings. The van der Waals surface area contributed by atoms with Gasteiger partial charge in [0.05, 0.1) is 13.2 Å². The molecule has 0 aromatic carbocycles. The van der Waals surface area contributed by atoms with E-state index in [9.17, 15) is 4.79 Å². The van der Waals surface area contributed by atoms with Crippen molar-refractivity contribution in [3.8, 4) is 0 Å². The second-order valence-corrected chi connectivity index (χ2v) is 8.87. The number of rotatable bonds is 16. The van der Waals surface area contributed by atoms with Crippen molar-refractivity contribution in [3.05, 3.63) is 0 Å². The van der Waals surface area contributed by atoms with Crippen molar-refractivity contribution in [2.75, 3.05) is 32.7 Å². The first kappa shape index (κ1) is 27.7. The van der Waals surface area contributed by atoms with Crippen LogP contribution in [0.15, 0.2) is 0 Å². The summed E-state index contributed by atoms with van der Waals surface area (Å²) in [5.74, 6) is -0.0351. The Morgan fingerprint density at radius 1 is 0.933 bits per heavy atom. The first-order chi connectivity index (χ1) is 14.5. The standard InChI is InChI=1S/C22H43NO6S/c1-6-9-12-26-18-16(4)29-22(30-15-17(23)21(24)25-5)20(28-14-11-8-3)19(18)27-13-10-7-2/h16-20,22H,6-15,23H2,1-5H3/t16?,17?,18-,19?,20?,22+/m1/s1. The molecule has 0 saturated carbocycles. The molecule has 1 aliphatic rings. The fourth-order valence-corrected chi connectivity index (χ4v) is 4.42. The van der Waals surface area contributed by atoms with Gasteiger partial charge in [-0.1, -0.05) is 40.0 Å². The third-order valence-electron chi connectivity index (χ3n) is 5.10. The zero-order valence-corrected chi connectivity index (χ0v) is 20.3. The zero-order chi connectivity index (χ0) is 22.4. The summed E-state index contributed by atoms with van der Waals surface area (Å²) in [7, 11) is 1.35. The summed E-state index contributed by atoms with van der Waals surface area (Å²) in [6.07, 6.45) is 5.29. The quantitative estimate of drug-likeness (QED) is 0.283. The molecule has 0 amide bonds. The third kappa shape index (κ3) is 9.40. The SMILES string of the molecule is CCCCOC1C(OCCCC)[C@H](SCC(N)C(=O)OC)OC(C)[C@H]1OCCCC. The smallest absolute Gasteiger partial charge is 0.323 e. The molecule has 0 aliphatic carbocycles. The lowest BCUT2D eigenvalue weighted by atomic mass is 10.00. The van der Waals surface area contributed by atoms with Crippen LogP contribution < -0.4 is 5.73 Å². The van der Waals surface area contributed by atoms with Crippen molar-refractivity contribution in [3.63, 3.8) is 0 Å². The van der Waals surface area contributed by atoms with Crippen LogP contribution in [0.1, 0.15) is 66.2 Å². The molecular formula is C22H43NO6S. The van der Waals surface area contributed by atoms with Crippen LogP contribution >= 0.6 is 11.8 Å². The minimum atomic E-state index is -0.701. The van der Waals surface area contributed by atoms with Gasteiger partial charge in [0, 0.05) is 25.6 Å². The number of hydrogen-bond acceptors (Lipinski definition) is 8. The second kappa shape index (κ2) is 16.3. The Bertz CT molecular complexity index is 455. The molecular weight excluding hydrogens is 406 g/mol. The van der Waals surface area contributed by atoms with Gasteiger partial charge in [-0.05, 0) is 26.2 Å². The van der Waals surface area contributed by atoms with E-state index in [0.717, 1.165) is 38.5 Å². The Labute approximate surface area is 187 Å². The van der Waals surface area contributed by atoms with Crippen LogP contribution in [0.2, 0.25) is 0 Å². The lowest BCUT2D eigenvalue weighted by molar-refractivity contribution is -0.235. The highest BCUT2D eigenvalue weighted by molar-refractivity contribution is 7.99. The fourth-order valence-electron chi connectivity index (χ4n) is 3.21. The summed E-state index contributed by atoms with van der Waals surface area (Å²) in [5, 5.41) is 0. The molecule has 1 rings (SSSR count). The monoisotopic (exact) mass is 449 g/mol. The lowest BCUT2D eigenvalue weighted by Crippen LogP contribution is -2.59. The van der Waals surface area contributed by atoms with E-state index in [4.69, 9.17) is 29.4 Å². The van der Waals surface area contributed by atoms with Gasteiger partial charge in [0.1, 0.15) is 29.8 Å². The van der Waals surface area contributed by atoms with Crippen molar-refractivity contribution in [1.82, 2.24) is 0 Å². The average molecular weight is 450 g/mol. The van der Waals surface area contributed by atoms with Gasteiger partial charge in [0.25, 0.3) is 0 Å². The maximum atomic E-state index is 11.7. The van der Waals surface area contributed by atoms with Crippen molar-refractivity contribution >= 4 is 17.7 Å². The summed E-state index contributed by atoms with van der Waals surface area (Å²) in [6, 6.07) is -0.701. The largest absolute Gasteiger partial charge is 0.468 e.